The molecule has 3 N–H and O–H groups in total. The molecule has 1 fully saturated rings. The number of aromatic nitrogens is 2. The van der Waals surface area contributed by atoms with Gasteiger partial charge < -0.3 is 20.5 Å². The van der Waals surface area contributed by atoms with Crippen molar-refractivity contribution in [3.05, 3.63) is 35.2 Å². The van der Waals surface area contributed by atoms with Crippen LogP contribution in [0.15, 0.2) is 23.8 Å². The summed E-state index contributed by atoms with van der Waals surface area (Å²) in [7, 11) is 0. The lowest BCUT2D eigenvalue weighted by molar-refractivity contribution is -0.116. The van der Waals surface area contributed by atoms with E-state index in [-0.39, 0.29) is 5.91 Å². The monoisotopic (exact) mass is 404 g/mol. The Morgan fingerprint density at radius 2 is 2.21 bits per heavy atom. The number of imidazole rings is 1. The summed E-state index contributed by atoms with van der Waals surface area (Å²) in [6, 6.07) is 2.03. The van der Waals surface area contributed by atoms with Crippen molar-refractivity contribution >= 4 is 28.2 Å². The van der Waals surface area contributed by atoms with E-state index in [9.17, 15) is 9.59 Å². The fourth-order valence-electron chi connectivity index (χ4n) is 3.52. The van der Waals surface area contributed by atoms with Crippen LogP contribution >= 0.6 is 11.3 Å². The molecule has 0 unspecified atom stereocenters. The number of thiophene rings is 1. The SMILES string of the molecule is CCn1ccnc1CN1CCN(CCC(=O)Nc2sccc2C(N)=O)C[C@@H]1C. The zero-order chi connectivity index (χ0) is 20.1. The first-order valence-corrected chi connectivity index (χ1v) is 10.5. The Bertz CT molecular complexity index is 817. The number of nitrogens with two attached hydrogens (primary N) is 1. The first-order chi connectivity index (χ1) is 13.5. The van der Waals surface area contributed by atoms with Crippen molar-refractivity contribution in [1.29, 1.82) is 0 Å². The standard InChI is InChI=1S/C19H28N6O2S/c1-3-24-8-6-21-16(24)13-25-10-9-23(12-14(25)2)7-4-17(26)22-19-15(18(20)27)5-11-28-19/h5-6,8,11,14H,3-4,7,9-10,12-13H2,1-2H3,(H2,20,27)(H,22,26)/t14-/m0/s1. The summed E-state index contributed by atoms with van der Waals surface area (Å²) in [4.78, 5) is 32.8. The molecular formula is C19H28N6O2S. The third-order valence-corrected chi connectivity index (χ3v) is 6.00. The van der Waals surface area contributed by atoms with E-state index in [4.69, 9.17) is 5.73 Å². The Balaban J connectivity index is 1.45. The maximum Gasteiger partial charge on any atom is 0.251 e. The molecule has 152 valence electrons. The second-order valence-corrected chi connectivity index (χ2v) is 7.99. The fourth-order valence-corrected chi connectivity index (χ4v) is 4.33. The molecule has 3 rings (SSSR count). The van der Waals surface area contributed by atoms with E-state index in [1.54, 1.807) is 11.4 Å². The van der Waals surface area contributed by atoms with Crippen LogP contribution in [0, 0.1) is 0 Å². The summed E-state index contributed by atoms with van der Waals surface area (Å²) < 4.78 is 2.17. The third kappa shape index (κ3) is 4.98. The van der Waals surface area contributed by atoms with Gasteiger partial charge in [-0.3, -0.25) is 14.5 Å². The van der Waals surface area contributed by atoms with Crippen molar-refractivity contribution in [1.82, 2.24) is 19.4 Å². The highest BCUT2D eigenvalue weighted by molar-refractivity contribution is 7.14. The van der Waals surface area contributed by atoms with Crippen molar-refractivity contribution in [2.75, 3.05) is 31.5 Å². The number of hydrogen-bond acceptors (Lipinski definition) is 6. The van der Waals surface area contributed by atoms with Crippen LogP contribution in [-0.2, 0) is 17.9 Å². The maximum atomic E-state index is 12.3. The number of carbonyl (C=O) groups is 2. The molecule has 0 aromatic carbocycles. The van der Waals surface area contributed by atoms with Gasteiger partial charge in [0, 0.05) is 57.6 Å². The Hall–Kier alpha value is -2.23. The van der Waals surface area contributed by atoms with Gasteiger partial charge in [0.05, 0.1) is 12.1 Å². The van der Waals surface area contributed by atoms with Crippen LogP contribution in [0.25, 0.3) is 0 Å². The quantitative estimate of drug-likeness (QED) is 0.697. The minimum Gasteiger partial charge on any atom is -0.366 e. The van der Waals surface area contributed by atoms with Gasteiger partial charge in [-0.1, -0.05) is 0 Å². The number of carbonyl (C=O) groups excluding carboxylic acids is 2. The normalized spacial score (nSPS) is 18.3. The van der Waals surface area contributed by atoms with Crippen LogP contribution in [0.2, 0.25) is 0 Å². The molecule has 0 bridgehead atoms. The molecule has 0 aliphatic carbocycles. The molecule has 3 heterocycles. The average Bonchev–Trinajstić information content (AvgIpc) is 3.31. The van der Waals surface area contributed by atoms with Gasteiger partial charge in [-0.15, -0.1) is 11.3 Å². The van der Waals surface area contributed by atoms with Crippen LogP contribution < -0.4 is 11.1 Å². The van der Waals surface area contributed by atoms with E-state index in [0.717, 1.165) is 38.5 Å². The second-order valence-electron chi connectivity index (χ2n) is 7.08. The van der Waals surface area contributed by atoms with Gasteiger partial charge in [-0.25, -0.2) is 4.98 Å². The van der Waals surface area contributed by atoms with Gasteiger partial charge in [0.1, 0.15) is 10.8 Å². The highest BCUT2D eigenvalue weighted by Gasteiger charge is 2.25. The lowest BCUT2D eigenvalue weighted by Crippen LogP contribution is -2.52. The second kappa shape index (κ2) is 9.31. The molecule has 9 heteroatoms. The zero-order valence-electron chi connectivity index (χ0n) is 16.4. The van der Waals surface area contributed by atoms with Gasteiger partial charge in [0.25, 0.3) is 5.91 Å². The Kier molecular flexibility index (Phi) is 6.82. The molecule has 0 radical (unpaired) electrons. The molecule has 28 heavy (non-hydrogen) atoms. The topological polar surface area (TPSA) is 96.5 Å². The third-order valence-electron chi connectivity index (χ3n) is 5.17. The van der Waals surface area contributed by atoms with Gasteiger partial charge in [0.2, 0.25) is 5.91 Å². The predicted octanol–water partition coefficient (Wildman–Crippen LogP) is 1.60. The molecule has 1 atom stereocenters. The van der Waals surface area contributed by atoms with E-state index in [2.05, 4.69) is 38.5 Å². The summed E-state index contributed by atoms with van der Waals surface area (Å²) in [5, 5.41) is 5.08. The van der Waals surface area contributed by atoms with Crippen molar-refractivity contribution < 1.29 is 9.59 Å². The van der Waals surface area contributed by atoms with E-state index in [0.29, 0.717) is 29.6 Å². The first-order valence-electron chi connectivity index (χ1n) is 9.61. The molecule has 2 aromatic rings. The minimum atomic E-state index is -0.523. The van der Waals surface area contributed by atoms with Crippen LogP contribution in [-0.4, -0.2) is 63.4 Å². The van der Waals surface area contributed by atoms with E-state index >= 15 is 0 Å². The maximum absolute atomic E-state index is 12.3. The number of primary amides is 1. The van der Waals surface area contributed by atoms with Crippen molar-refractivity contribution in [3.8, 4) is 0 Å². The zero-order valence-corrected chi connectivity index (χ0v) is 17.2. The van der Waals surface area contributed by atoms with Crippen LogP contribution in [0.4, 0.5) is 5.00 Å². The number of anilines is 1. The highest BCUT2D eigenvalue weighted by Crippen LogP contribution is 2.23. The summed E-state index contributed by atoms with van der Waals surface area (Å²) in [5.41, 5.74) is 5.68. The molecule has 1 aliphatic rings. The number of rotatable bonds is 8. The Labute approximate surface area is 169 Å². The fraction of sp³-hybridized carbons (Fsp3) is 0.526. The predicted molar refractivity (Wildman–Crippen MR) is 110 cm³/mol. The smallest absolute Gasteiger partial charge is 0.251 e. The van der Waals surface area contributed by atoms with Crippen molar-refractivity contribution in [3.63, 3.8) is 0 Å². The lowest BCUT2D eigenvalue weighted by Gasteiger charge is -2.39. The van der Waals surface area contributed by atoms with Crippen LogP contribution in [0.1, 0.15) is 36.5 Å². The first kappa shape index (κ1) is 20.5. The molecule has 2 amide bonds. The Morgan fingerprint density at radius 1 is 1.39 bits per heavy atom. The average molecular weight is 405 g/mol. The number of aryl methyl sites for hydroxylation is 1. The number of amides is 2. The summed E-state index contributed by atoms with van der Waals surface area (Å²) >= 11 is 1.31. The van der Waals surface area contributed by atoms with Gasteiger partial charge >= 0.3 is 0 Å². The summed E-state index contributed by atoms with van der Waals surface area (Å²) in [5.74, 6) is 0.485. The number of piperazine rings is 1. The molecule has 0 spiro atoms. The van der Waals surface area contributed by atoms with Crippen molar-refractivity contribution in [2.24, 2.45) is 5.73 Å². The molecule has 2 aromatic heterocycles. The van der Waals surface area contributed by atoms with E-state index < -0.39 is 5.91 Å². The molecule has 1 aliphatic heterocycles. The largest absolute Gasteiger partial charge is 0.366 e. The minimum absolute atomic E-state index is 0.0926. The van der Waals surface area contributed by atoms with Crippen molar-refractivity contribution in [2.45, 2.75) is 39.4 Å². The highest BCUT2D eigenvalue weighted by atomic mass is 32.1. The number of nitrogens with zero attached hydrogens (tertiary/aromatic N) is 4. The van der Waals surface area contributed by atoms with E-state index in [1.807, 2.05) is 12.4 Å². The van der Waals surface area contributed by atoms with Crippen LogP contribution in [0.3, 0.4) is 0 Å². The van der Waals surface area contributed by atoms with Crippen LogP contribution in [0.5, 0.6) is 0 Å². The number of nitrogens with one attached hydrogen (secondary N) is 1. The Morgan fingerprint density at radius 3 is 2.93 bits per heavy atom. The molecule has 1 saturated heterocycles. The lowest BCUT2D eigenvalue weighted by atomic mass is 10.1. The van der Waals surface area contributed by atoms with Gasteiger partial charge in [0.15, 0.2) is 0 Å². The molecular weight excluding hydrogens is 376 g/mol. The summed E-state index contributed by atoms with van der Waals surface area (Å²) in [6.07, 6.45) is 4.27. The number of hydrogen-bond donors (Lipinski definition) is 2. The van der Waals surface area contributed by atoms with Gasteiger partial charge in [-0.2, -0.15) is 0 Å². The molecule has 8 nitrogen and oxygen atoms in total. The van der Waals surface area contributed by atoms with E-state index in [1.165, 1.54) is 11.3 Å². The molecule has 0 saturated carbocycles. The van der Waals surface area contributed by atoms with Gasteiger partial charge in [-0.05, 0) is 25.3 Å². The summed E-state index contributed by atoms with van der Waals surface area (Å²) in [6.45, 7) is 9.63.